The van der Waals surface area contributed by atoms with Crippen LogP contribution in [0.15, 0.2) is 0 Å². The van der Waals surface area contributed by atoms with E-state index in [-0.39, 0.29) is 5.41 Å². The highest BCUT2D eigenvalue weighted by Gasteiger charge is 2.34. The van der Waals surface area contributed by atoms with Gasteiger partial charge in [0.05, 0.1) is 0 Å². The number of aliphatic hydroxyl groups is 1. The van der Waals surface area contributed by atoms with E-state index in [1.54, 1.807) is 0 Å². The van der Waals surface area contributed by atoms with Crippen molar-refractivity contribution in [1.29, 1.82) is 0 Å². The second kappa shape index (κ2) is 4.63. The summed E-state index contributed by atoms with van der Waals surface area (Å²) >= 11 is 0. The molecule has 0 spiro atoms. The molecule has 0 radical (unpaired) electrons. The van der Waals surface area contributed by atoms with Crippen LogP contribution in [0.3, 0.4) is 0 Å². The van der Waals surface area contributed by atoms with E-state index in [0.717, 1.165) is 6.54 Å². The lowest BCUT2D eigenvalue weighted by Gasteiger charge is -2.36. The standard InChI is InChI=1S/C12H23NO/c14-11-12(6-2-3-7-12)10-13-8-4-1-5-9-13/h14H,1-11H2. The SMILES string of the molecule is OCC1(CN2CCCCC2)CCCC1. The molecule has 1 aliphatic carbocycles. The summed E-state index contributed by atoms with van der Waals surface area (Å²) in [5, 5.41) is 9.52. The summed E-state index contributed by atoms with van der Waals surface area (Å²) in [6.45, 7) is 4.09. The van der Waals surface area contributed by atoms with E-state index in [1.807, 2.05) is 0 Å². The molecule has 2 nitrogen and oxygen atoms in total. The summed E-state index contributed by atoms with van der Waals surface area (Å²) in [4.78, 5) is 2.57. The van der Waals surface area contributed by atoms with E-state index in [0.29, 0.717) is 6.61 Å². The summed E-state index contributed by atoms with van der Waals surface area (Å²) in [6.07, 6.45) is 9.29. The van der Waals surface area contributed by atoms with Crippen molar-refractivity contribution in [2.45, 2.75) is 44.9 Å². The van der Waals surface area contributed by atoms with E-state index in [4.69, 9.17) is 0 Å². The van der Waals surface area contributed by atoms with Crippen LogP contribution in [0.2, 0.25) is 0 Å². The third kappa shape index (κ3) is 2.29. The quantitative estimate of drug-likeness (QED) is 0.748. The van der Waals surface area contributed by atoms with Gasteiger partial charge in [0.2, 0.25) is 0 Å². The zero-order valence-corrected chi connectivity index (χ0v) is 9.17. The highest BCUT2D eigenvalue weighted by molar-refractivity contribution is 4.87. The maximum absolute atomic E-state index is 9.52. The van der Waals surface area contributed by atoms with Crippen molar-refractivity contribution < 1.29 is 5.11 Å². The van der Waals surface area contributed by atoms with Crippen LogP contribution in [0, 0.1) is 5.41 Å². The number of hydrogen-bond acceptors (Lipinski definition) is 2. The summed E-state index contributed by atoms with van der Waals surface area (Å²) in [5.41, 5.74) is 0.275. The Morgan fingerprint density at radius 3 is 2.14 bits per heavy atom. The fourth-order valence-electron chi connectivity index (χ4n) is 3.08. The van der Waals surface area contributed by atoms with Crippen LogP contribution in [-0.2, 0) is 0 Å². The third-order valence-electron chi connectivity index (χ3n) is 4.01. The molecule has 2 rings (SSSR count). The number of piperidine rings is 1. The van der Waals surface area contributed by atoms with Gasteiger partial charge in [0.1, 0.15) is 0 Å². The molecule has 2 heteroatoms. The number of hydrogen-bond donors (Lipinski definition) is 1. The Bertz CT molecular complexity index is 169. The van der Waals surface area contributed by atoms with Crippen molar-refractivity contribution in [3.05, 3.63) is 0 Å². The van der Waals surface area contributed by atoms with Crippen molar-refractivity contribution in [1.82, 2.24) is 4.90 Å². The van der Waals surface area contributed by atoms with Gasteiger partial charge in [-0.15, -0.1) is 0 Å². The molecule has 14 heavy (non-hydrogen) atoms. The maximum atomic E-state index is 9.52. The van der Waals surface area contributed by atoms with E-state index < -0.39 is 0 Å². The van der Waals surface area contributed by atoms with Gasteiger partial charge in [-0.2, -0.15) is 0 Å². The van der Waals surface area contributed by atoms with Crippen molar-refractivity contribution in [3.63, 3.8) is 0 Å². The predicted molar refractivity (Wildman–Crippen MR) is 58.3 cm³/mol. The minimum Gasteiger partial charge on any atom is -0.396 e. The number of nitrogens with zero attached hydrogens (tertiary/aromatic N) is 1. The van der Waals surface area contributed by atoms with E-state index in [1.165, 1.54) is 58.0 Å². The van der Waals surface area contributed by atoms with Crippen molar-refractivity contribution in [2.24, 2.45) is 5.41 Å². The topological polar surface area (TPSA) is 23.5 Å². The first-order valence-electron chi connectivity index (χ1n) is 6.18. The molecule has 1 heterocycles. The van der Waals surface area contributed by atoms with Gasteiger partial charge in [-0.3, -0.25) is 0 Å². The van der Waals surface area contributed by atoms with Gasteiger partial charge in [0.25, 0.3) is 0 Å². The van der Waals surface area contributed by atoms with E-state index in [2.05, 4.69) is 4.90 Å². The molecular weight excluding hydrogens is 174 g/mol. The fourth-order valence-corrected chi connectivity index (χ4v) is 3.08. The van der Waals surface area contributed by atoms with Crippen molar-refractivity contribution in [3.8, 4) is 0 Å². The highest BCUT2D eigenvalue weighted by Crippen LogP contribution is 2.38. The molecule has 2 aliphatic rings. The molecule has 1 saturated carbocycles. The van der Waals surface area contributed by atoms with Crippen molar-refractivity contribution >= 4 is 0 Å². The van der Waals surface area contributed by atoms with Crippen LogP contribution < -0.4 is 0 Å². The molecule has 0 unspecified atom stereocenters. The molecule has 0 aromatic carbocycles. The fraction of sp³-hybridized carbons (Fsp3) is 1.00. The third-order valence-corrected chi connectivity index (χ3v) is 4.01. The lowest BCUT2D eigenvalue weighted by Crippen LogP contribution is -2.41. The lowest BCUT2D eigenvalue weighted by molar-refractivity contribution is 0.0697. The molecule has 0 amide bonds. The molecular formula is C12H23NO. The Hall–Kier alpha value is -0.0800. The van der Waals surface area contributed by atoms with Gasteiger partial charge in [-0.1, -0.05) is 19.3 Å². The van der Waals surface area contributed by atoms with Crippen LogP contribution >= 0.6 is 0 Å². The molecule has 0 aromatic rings. The Labute approximate surface area is 87.3 Å². The predicted octanol–water partition coefficient (Wildman–Crippen LogP) is 2.02. The van der Waals surface area contributed by atoms with Gasteiger partial charge < -0.3 is 10.0 Å². The zero-order chi connectivity index (χ0) is 9.86. The second-order valence-electron chi connectivity index (χ2n) is 5.20. The summed E-state index contributed by atoms with van der Waals surface area (Å²) < 4.78 is 0. The number of aliphatic hydroxyl groups excluding tert-OH is 1. The minimum absolute atomic E-state index is 0.275. The molecule has 2 fully saturated rings. The van der Waals surface area contributed by atoms with Crippen LogP contribution in [0.4, 0.5) is 0 Å². The molecule has 0 aromatic heterocycles. The maximum Gasteiger partial charge on any atom is 0.0499 e. The largest absolute Gasteiger partial charge is 0.396 e. The smallest absolute Gasteiger partial charge is 0.0499 e. The lowest BCUT2D eigenvalue weighted by atomic mass is 9.86. The van der Waals surface area contributed by atoms with Crippen molar-refractivity contribution in [2.75, 3.05) is 26.2 Å². The van der Waals surface area contributed by atoms with Crippen LogP contribution in [0.25, 0.3) is 0 Å². The Morgan fingerprint density at radius 2 is 1.57 bits per heavy atom. The van der Waals surface area contributed by atoms with Gasteiger partial charge >= 0.3 is 0 Å². The Kier molecular flexibility index (Phi) is 3.45. The van der Waals surface area contributed by atoms with Crippen LogP contribution in [0.1, 0.15) is 44.9 Å². The Balaban J connectivity index is 1.86. The van der Waals surface area contributed by atoms with Gasteiger partial charge in [0, 0.05) is 18.6 Å². The molecule has 0 atom stereocenters. The Morgan fingerprint density at radius 1 is 0.929 bits per heavy atom. The number of likely N-dealkylation sites (tertiary alicyclic amines) is 1. The summed E-state index contributed by atoms with van der Waals surface area (Å²) in [7, 11) is 0. The summed E-state index contributed by atoms with van der Waals surface area (Å²) in [6, 6.07) is 0. The average Bonchev–Trinajstić information content (AvgIpc) is 2.69. The molecule has 1 aliphatic heterocycles. The normalized spacial score (nSPS) is 28.1. The van der Waals surface area contributed by atoms with Gasteiger partial charge in [-0.25, -0.2) is 0 Å². The van der Waals surface area contributed by atoms with Crippen LogP contribution in [-0.4, -0.2) is 36.2 Å². The van der Waals surface area contributed by atoms with Gasteiger partial charge in [0.15, 0.2) is 0 Å². The highest BCUT2D eigenvalue weighted by atomic mass is 16.3. The van der Waals surface area contributed by atoms with Gasteiger partial charge in [-0.05, 0) is 38.8 Å². The van der Waals surface area contributed by atoms with E-state index >= 15 is 0 Å². The summed E-state index contributed by atoms with van der Waals surface area (Å²) in [5.74, 6) is 0. The van der Waals surface area contributed by atoms with Crippen LogP contribution in [0.5, 0.6) is 0 Å². The molecule has 82 valence electrons. The zero-order valence-electron chi connectivity index (χ0n) is 9.17. The first-order valence-corrected chi connectivity index (χ1v) is 6.18. The molecule has 1 saturated heterocycles. The molecule has 0 bridgehead atoms. The second-order valence-corrected chi connectivity index (χ2v) is 5.20. The number of rotatable bonds is 3. The molecule has 1 N–H and O–H groups in total. The van der Waals surface area contributed by atoms with E-state index in [9.17, 15) is 5.11 Å². The first kappa shape index (κ1) is 10.4. The average molecular weight is 197 g/mol. The monoisotopic (exact) mass is 197 g/mol. The minimum atomic E-state index is 0.275. The first-order chi connectivity index (χ1) is 6.85.